The Labute approximate surface area is 146 Å². The van der Waals surface area contributed by atoms with E-state index in [-0.39, 0.29) is 0 Å². The normalized spacial score (nSPS) is 30.0. The second kappa shape index (κ2) is 5.60. The number of hydroxylamine groups is 2. The summed E-state index contributed by atoms with van der Waals surface area (Å²) in [6.07, 6.45) is 0. The molecule has 0 bridgehead atoms. The van der Waals surface area contributed by atoms with Gasteiger partial charge in [0.1, 0.15) is 6.04 Å². The molecule has 1 saturated heterocycles. The maximum absolute atomic E-state index is 12.1. The molecule has 9 heteroatoms. The molecule has 1 aromatic rings. The van der Waals surface area contributed by atoms with E-state index in [2.05, 4.69) is 0 Å². The van der Waals surface area contributed by atoms with Crippen LogP contribution in [0.3, 0.4) is 0 Å². The zero-order valence-corrected chi connectivity index (χ0v) is 14.3. The lowest BCUT2D eigenvalue weighted by Gasteiger charge is -2.50. The number of cyclic esters (lactones) is 1. The third-order valence-corrected chi connectivity index (χ3v) is 4.55. The third kappa shape index (κ3) is 2.95. The molecule has 2 rings (SSSR count). The van der Waals surface area contributed by atoms with E-state index in [1.54, 1.807) is 30.3 Å². The van der Waals surface area contributed by atoms with E-state index in [1.165, 1.54) is 6.92 Å². The molecule has 116 valence electrons. The molecule has 21 heavy (non-hydrogen) atoms. The molecule has 1 N–H and O–H groups in total. The molecule has 1 heterocycles. The molecule has 0 spiro atoms. The molecule has 1 aliphatic rings. The van der Waals surface area contributed by atoms with E-state index in [4.69, 9.17) is 62.7 Å². The predicted molar refractivity (Wildman–Crippen MR) is 82.0 cm³/mol. The van der Waals surface area contributed by atoms with E-state index < -0.39 is 25.9 Å². The highest BCUT2D eigenvalue weighted by molar-refractivity contribution is 6.70. The van der Waals surface area contributed by atoms with E-state index in [9.17, 15) is 10.0 Å². The maximum Gasteiger partial charge on any atom is 0.346 e. The number of rotatable bonds is 1. The van der Waals surface area contributed by atoms with Gasteiger partial charge in [-0.2, -0.15) is 0 Å². The number of hydrogen-bond acceptors (Lipinski definition) is 4. The molecule has 1 fully saturated rings. The third-order valence-electron chi connectivity index (χ3n) is 3.21. The number of carbonyl (C=O) groups excluding carboxylic acids is 1. The first kappa shape index (κ1) is 17.4. The number of benzene rings is 1. The van der Waals surface area contributed by atoms with Crippen molar-refractivity contribution in [1.29, 1.82) is 0 Å². The lowest BCUT2D eigenvalue weighted by atomic mass is 9.99. The fourth-order valence-electron chi connectivity index (χ4n) is 2.09. The molecule has 2 unspecified atom stereocenters. The second-order valence-corrected chi connectivity index (χ2v) is 8.40. The van der Waals surface area contributed by atoms with Gasteiger partial charge in [0.25, 0.3) is 0 Å². The van der Waals surface area contributed by atoms with Gasteiger partial charge in [0.2, 0.25) is 13.9 Å². The Balaban J connectivity index is 2.55. The van der Waals surface area contributed by atoms with Crippen molar-refractivity contribution in [3.63, 3.8) is 0 Å². The monoisotopic (exact) mass is 391 g/mol. The minimum Gasteiger partial charge on any atom is -0.435 e. The van der Waals surface area contributed by atoms with Gasteiger partial charge in [-0.15, -0.1) is 5.06 Å². The number of carbonyl (C=O) groups is 1. The molecule has 0 aromatic heterocycles. The Morgan fingerprint density at radius 3 is 2.24 bits per heavy atom. The summed E-state index contributed by atoms with van der Waals surface area (Å²) in [7, 11) is 0. The average molecular weight is 393 g/mol. The van der Waals surface area contributed by atoms with Gasteiger partial charge in [0.05, 0.1) is 0 Å². The van der Waals surface area contributed by atoms with Crippen LogP contribution in [0.15, 0.2) is 30.3 Å². The van der Waals surface area contributed by atoms with Crippen LogP contribution in [-0.4, -0.2) is 30.4 Å². The predicted octanol–water partition coefficient (Wildman–Crippen LogP) is 4.02. The Morgan fingerprint density at radius 1 is 1.24 bits per heavy atom. The van der Waals surface area contributed by atoms with Crippen LogP contribution in [0.1, 0.15) is 12.5 Å². The van der Waals surface area contributed by atoms with Gasteiger partial charge >= 0.3 is 5.97 Å². The largest absolute Gasteiger partial charge is 0.435 e. The SMILES string of the molecule is CC1(c2ccccc2)OC(=O)C(Cl)(Cl)C(C(Cl)(Cl)Cl)N1O. The molecule has 0 saturated carbocycles. The van der Waals surface area contributed by atoms with Crippen LogP contribution >= 0.6 is 58.0 Å². The maximum atomic E-state index is 12.1. The Kier molecular flexibility index (Phi) is 4.65. The van der Waals surface area contributed by atoms with Gasteiger partial charge < -0.3 is 9.94 Å². The number of alkyl halides is 5. The van der Waals surface area contributed by atoms with E-state index in [0.29, 0.717) is 10.6 Å². The van der Waals surface area contributed by atoms with Gasteiger partial charge in [-0.25, -0.2) is 4.79 Å². The molecule has 1 aromatic carbocycles. The van der Waals surface area contributed by atoms with E-state index >= 15 is 0 Å². The molecule has 0 amide bonds. The zero-order valence-electron chi connectivity index (χ0n) is 10.6. The molecule has 1 aliphatic heterocycles. The number of esters is 1. The lowest BCUT2D eigenvalue weighted by molar-refractivity contribution is -0.311. The summed E-state index contributed by atoms with van der Waals surface area (Å²) in [5.41, 5.74) is -1.14. The molecule has 2 atom stereocenters. The molecular formula is C12H10Cl5NO3. The number of halogens is 5. The van der Waals surface area contributed by atoms with Crippen molar-refractivity contribution in [3.8, 4) is 0 Å². The van der Waals surface area contributed by atoms with Crippen molar-refractivity contribution in [2.24, 2.45) is 0 Å². The van der Waals surface area contributed by atoms with Crippen LogP contribution in [0.4, 0.5) is 0 Å². The fraction of sp³-hybridized carbons (Fsp3) is 0.417. The van der Waals surface area contributed by atoms with Crippen LogP contribution in [-0.2, 0) is 15.3 Å². The number of ether oxygens (including phenoxy) is 1. The van der Waals surface area contributed by atoms with Gasteiger partial charge in [-0.1, -0.05) is 88.3 Å². The smallest absolute Gasteiger partial charge is 0.346 e. The summed E-state index contributed by atoms with van der Waals surface area (Å²) in [5.74, 6) is -1.01. The van der Waals surface area contributed by atoms with Crippen LogP contribution < -0.4 is 0 Å². The minimum absolute atomic E-state index is 0.462. The minimum atomic E-state index is -2.24. The first-order chi connectivity index (χ1) is 9.51. The number of hydrogen-bond donors (Lipinski definition) is 1. The van der Waals surface area contributed by atoms with Crippen LogP contribution in [0.5, 0.6) is 0 Å². The highest BCUT2D eigenvalue weighted by Crippen LogP contribution is 2.51. The van der Waals surface area contributed by atoms with Crippen molar-refractivity contribution in [2.45, 2.75) is 26.8 Å². The molecule has 0 aliphatic carbocycles. The summed E-state index contributed by atoms with van der Waals surface area (Å²) in [6.45, 7) is 1.44. The first-order valence-corrected chi connectivity index (χ1v) is 7.62. The molecule has 4 nitrogen and oxygen atoms in total. The van der Waals surface area contributed by atoms with Crippen molar-refractivity contribution >= 4 is 64.0 Å². The van der Waals surface area contributed by atoms with Crippen LogP contribution in [0, 0.1) is 0 Å². The van der Waals surface area contributed by atoms with Gasteiger partial charge in [-0.05, 0) is 6.92 Å². The number of nitrogens with zero attached hydrogens (tertiary/aromatic N) is 1. The molecular weight excluding hydrogens is 383 g/mol. The van der Waals surface area contributed by atoms with Crippen molar-refractivity contribution in [3.05, 3.63) is 35.9 Å². The second-order valence-electron chi connectivity index (χ2n) is 4.65. The Bertz CT molecular complexity index is 548. The summed E-state index contributed by atoms with van der Waals surface area (Å²) in [5, 5.41) is 11.0. The van der Waals surface area contributed by atoms with E-state index in [1.807, 2.05) is 0 Å². The van der Waals surface area contributed by atoms with Gasteiger partial charge in [-0.3, -0.25) is 0 Å². The zero-order chi connectivity index (χ0) is 16.1. The summed E-state index contributed by atoms with van der Waals surface area (Å²) >= 11 is 29.3. The quantitative estimate of drug-likeness (QED) is 0.578. The molecule has 0 radical (unpaired) electrons. The summed E-state index contributed by atoms with van der Waals surface area (Å²) in [6, 6.07) is 6.91. The van der Waals surface area contributed by atoms with Gasteiger partial charge in [0.15, 0.2) is 0 Å². The standard InChI is InChI=1S/C12H10Cl5NO3/c1-10(7-5-3-2-4-6-7)18(20)8(12(15,16)17)11(13,14)9(19)21-10/h2-6,8,20H,1H3. The Morgan fingerprint density at radius 2 is 1.76 bits per heavy atom. The van der Waals surface area contributed by atoms with Crippen molar-refractivity contribution in [2.75, 3.05) is 0 Å². The lowest BCUT2D eigenvalue weighted by Crippen LogP contribution is -2.68. The topological polar surface area (TPSA) is 49.8 Å². The first-order valence-electron chi connectivity index (χ1n) is 5.73. The Hall–Kier alpha value is 0.0600. The summed E-state index contributed by atoms with van der Waals surface area (Å²) < 4.78 is 0.837. The van der Waals surface area contributed by atoms with E-state index in [0.717, 1.165) is 0 Å². The van der Waals surface area contributed by atoms with Crippen molar-refractivity contribution < 1.29 is 14.7 Å². The van der Waals surface area contributed by atoms with Crippen LogP contribution in [0.2, 0.25) is 0 Å². The summed E-state index contributed by atoms with van der Waals surface area (Å²) in [4.78, 5) is 12.1. The average Bonchev–Trinajstić information content (AvgIpc) is 2.36. The van der Waals surface area contributed by atoms with Gasteiger partial charge in [0, 0.05) is 5.56 Å². The highest BCUT2D eigenvalue weighted by Gasteiger charge is 2.65. The van der Waals surface area contributed by atoms with Crippen LogP contribution in [0.25, 0.3) is 0 Å². The van der Waals surface area contributed by atoms with Crippen molar-refractivity contribution in [1.82, 2.24) is 5.06 Å². The highest BCUT2D eigenvalue weighted by atomic mass is 35.6. The fourth-order valence-corrected chi connectivity index (χ4v) is 3.78.